The molecular weight excluding hydrogens is 244 g/mol. The van der Waals surface area contributed by atoms with Gasteiger partial charge in [0.1, 0.15) is 11.6 Å². The van der Waals surface area contributed by atoms with Gasteiger partial charge in [-0.2, -0.15) is 0 Å². The van der Waals surface area contributed by atoms with Crippen LogP contribution in [0.15, 0.2) is 11.2 Å². The van der Waals surface area contributed by atoms with Crippen LogP contribution in [0.4, 0.5) is 11.6 Å². The van der Waals surface area contributed by atoms with Gasteiger partial charge in [-0.1, -0.05) is 25.1 Å². The summed E-state index contributed by atoms with van der Waals surface area (Å²) < 4.78 is 0. The number of hydrogen-bond donors (Lipinski definition) is 2. The molecule has 1 aliphatic rings. The van der Waals surface area contributed by atoms with E-state index >= 15 is 0 Å². The first-order chi connectivity index (χ1) is 8.72. The maximum absolute atomic E-state index is 4.53. The number of nitrogens with zero attached hydrogens (tertiary/aromatic N) is 2. The Kier molecular flexibility index (Phi) is 4.69. The molecule has 2 atom stereocenters. The largest absolute Gasteiger partial charge is 0.370 e. The van der Waals surface area contributed by atoms with Gasteiger partial charge in [0.05, 0.1) is 0 Å². The lowest BCUT2D eigenvalue weighted by atomic mass is 10.1. The fourth-order valence-electron chi connectivity index (χ4n) is 2.41. The van der Waals surface area contributed by atoms with Crippen molar-refractivity contribution in [3.63, 3.8) is 0 Å². The van der Waals surface area contributed by atoms with E-state index in [0.717, 1.165) is 29.3 Å². The van der Waals surface area contributed by atoms with Crippen molar-refractivity contribution in [3.05, 3.63) is 6.07 Å². The van der Waals surface area contributed by atoms with Gasteiger partial charge in [0.15, 0.2) is 5.16 Å². The zero-order chi connectivity index (χ0) is 13.0. The summed E-state index contributed by atoms with van der Waals surface area (Å²) in [4.78, 5) is 8.97. The maximum atomic E-state index is 4.53. The smallest absolute Gasteiger partial charge is 0.191 e. The van der Waals surface area contributed by atoms with Gasteiger partial charge in [-0.3, -0.25) is 0 Å². The summed E-state index contributed by atoms with van der Waals surface area (Å²) in [6, 6.07) is 2.57. The Morgan fingerprint density at radius 2 is 2.11 bits per heavy atom. The van der Waals surface area contributed by atoms with E-state index in [4.69, 9.17) is 0 Å². The lowest BCUT2D eigenvalue weighted by Crippen LogP contribution is -2.22. The molecule has 1 fully saturated rings. The predicted molar refractivity (Wildman–Crippen MR) is 78.4 cm³/mol. The minimum Gasteiger partial charge on any atom is -0.370 e. The van der Waals surface area contributed by atoms with Gasteiger partial charge in [0, 0.05) is 18.7 Å². The molecule has 100 valence electrons. The van der Waals surface area contributed by atoms with Crippen molar-refractivity contribution in [2.24, 2.45) is 5.92 Å². The average molecular weight is 266 g/mol. The van der Waals surface area contributed by atoms with Gasteiger partial charge < -0.3 is 10.6 Å². The van der Waals surface area contributed by atoms with Gasteiger partial charge in [0.2, 0.25) is 0 Å². The Hall–Kier alpha value is -0.970. The van der Waals surface area contributed by atoms with Crippen LogP contribution in [-0.4, -0.2) is 28.8 Å². The van der Waals surface area contributed by atoms with E-state index in [9.17, 15) is 0 Å². The fraction of sp³-hybridized carbons (Fsp3) is 0.692. The molecule has 5 heteroatoms. The lowest BCUT2D eigenvalue weighted by molar-refractivity contribution is 0.554. The molecule has 0 amide bonds. The number of nitrogens with one attached hydrogen (secondary N) is 2. The Morgan fingerprint density at radius 1 is 1.33 bits per heavy atom. The molecule has 1 saturated carbocycles. The Bertz CT molecular complexity index is 397. The quantitative estimate of drug-likeness (QED) is 0.633. The molecule has 1 aliphatic carbocycles. The van der Waals surface area contributed by atoms with Gasteiger partial charge in [-0.25, -0.2) is 9.97 Å². The first-order valence-electron chi connectivity index (χ1n) is 6.66. The van der Waals surface area contributed by atoms with Crippen LogP contribution in [0.25, 0.3) is 0 Å². The van der Waals surface area contributed by atoms with E-state index in [1.165, 1.54) is 19.3 Å². The van der Waals surface area contributed by atoms with Gasteiger partial charge in [0.25, 0.3) is 0 Å². The van der Waals surface area contributed by atoms with Crippen LogP contribution in [0.5, 0.6) is 0 Å². The third-order valence-electron chi connectivity index (χ3n) is 3.44. The SMILES string of the molecule is CCNc1cc(NC2CCCC2C)nc(SC)n1. The van der Waals surface area contributed by atoms with Gasteiger partial charge >= 0.3 is 0 Å². The second-order valence-corrected chi connectivity index (χ2v) is 5.59. The standard InChI is InChI=1S/C13H22N4S/c1-4-14-11-8-12(17-13(16-11)18-3)15-10-7-5-6-9(10)2/h8-10H,4-7H2,1-3H3,(H2,14,15,16,17). The topological polar surface area (TPSA) is 49.8 Å². The van der Waals surface area contributed by atoms with E-state index in [2.05, 4.69) is 34.4 Å². The van der Waals surface area contributed by atoms with E-state index < -0.39 is 0 Å². The van der Waals surface area contributed by atoms with Crippen molar-refractivity contribution in [1.82, 2.24) is 9.97 Å². The summed E-state index contributed by atoms with van der Waals surface area (Å²) in [5, 5.41) is 7.63. The Morgan fingerprint density at radius 3 is 2.72 bits per heavy atom. The van der Waals surface area contributed by atoms with Crippen molar-refractivity contribution < 1.29 is 0 Å². The zero-order valence-corrected chi connectivity index (χ0v) is 12.2. The summed E-state index contributed by atoms with van der Waals surface area (Å²) in [5.41, 5.74) is 0. The Balaban J connectivity index is 2.12. The lowest BCUT2D eigenvalue weighted by Gasteiger charge is -2.18. The van der Waals surface area contributed by atoms with Crippen molar-refractivity contribution >= 4 is 23.4 Å². The molecule has 0 radical (unpaired) electrons. The third kappa shape index (κ3) is 3.28. The van der Waals surface area contributed by atoms with Crippen LogP contribution in [0.1, 0.15) is 33.1 Å². The predicted octanol–water partition coefficient (Wildman–Crippen LogP) is 3.23. The van der Waals surface area contributed by atoms with Crippen LogP contribution >= 0.6 is 11.8 Å². The number of thioether (sulfide) groups is 1. The molecule has 0 aliphatic heterocycles. The molecule has 0 saturated heterocycles. The van der Waals surface area contributed by atoms with Crippen LogP contribution in [0.3, 0.4) is 0 Å². The summed E-state index contributed by atoms with van der Waals surface area (Å²) in [7, 11) is 0. The first kappa shape index (κ1) is 13.5. The number of rotatable bonds is 5. The minimum absolute atomic E-state index is 0.559. The highest BCUT2D eigenvalue weighted by atomic mass is 32.2. The molecule has 0 aromatic carbocycles. The van der Waals surface area contributed by atoms with Crippen molar-refractivity contribution in [1.29, 1.82) is 0 Å². The van der Waals surface area contributed by atoms with Crippen molar-refractivity contribution in [2.45, 2.75) is 44.3 Å². The van der Waals surface area contributed by atoms with E-state index in [1.54, 1.807) is 11.8 Å². The summed E-state index contributed by atoms with van der Waals surface area (Å²) in [6.07, 6.45) is 5.89. The minimum atomic E-state index is 0.559. The fourth-order valence-corrected chi connectivity index (χ4v) is 2.79. The van der Waals surface area contributed by atoms with Gasteiger partial charge in [-0.05, 0) is 31.9 Å². The molecular formula is C13H22N4S. The molecule has 0 bridgehead atoms. The molecule has 1 aromatic rings. The molecule has 1 aromatic heterocycles. The molecule has 0 spiro atoms. The second-order valence-electron chi connectivity index (χ2n) is 4.81. The number of hydrogen-bond acceptors (Lipinski definition) is 5. The molecule has 1 heterocycles. The first-order valence-corrected chi connectivity index (χ1v) is 7.89. The summed E-state index contributed by atoms with van der Waals surface area (Å²) >= 11 is 1.58. The normalized spacial score (nSPS) is 23.1. The highest BCUT2D eigenvalue weighted by molar-refractivity contribution is 7.98. The Labute approximate surface area is 113 Å². The highest BCUT2D eigenvalue weighted by Crippen LogP contribution is 2.28. The van der Waals surface area contributed by atoms with Crippen LogP contribution < -0.4 is 10.6 Å². The number of aromatic nitrogens is 2. The number of anilines is 2. The zero-order valence-electron chi connectivity index (χ0n) is 11.4. The van der Waals surface area contributed by atoms with E-state index in [0.29, 0.717) is 6.04 Å². The third-order valence-corrected chi connectivity index (χ3v) is 3.99. The second kappa shape index (κ2) is 6.27. The van der Waals surface area contributed by atoms with Crippen molar-refractivity contribution in [2.75, 3.05) is 23.4 Å². The molecule has 2 N–H and O–H groups in total. The van der Waals surface area contributed by atoms with Crippen LogP contribution in [0, 0.1) is 5.92 Å². The summed E-state index contributed by atoms with van der Waals surface area (Å²) in [6.45, 7) is 5.27. The molecule has 2 unspecified atom stereocenters. The maximum Gasteiger partial charge on any atom is 0.191 e. The van der Waals surface area contributed by atoms with Crippen LogP contribution in [0.2, 0.25) is 0 Å². The van der Waals surface area contributed by atoms with Gasteiger partial charge in [-0.15, -0.1) is 0 Å². The van der Waals surface area contributed by atoms with E-state index in [1.807, 2.05) is 12.3 Å². The summed E-state index contributed by atoms with van der Waals surface area (Å²) in [5.74, 6) is 2.59. The molecule has 4 nitrogen and oxygen atoms in total. The van der Waals surface area contributed by atoms with Crippen LogP contribution in [-0.2, 0) is 0 Å². The monoisotopic (exact) mass is 266 g/mol. The average Bonchev–Trinajstić information content (AvgIpc) is 2.75. The van der Waals surface area contributed by atoms with E-state index in [-0.39, 0.29) is 0 Å². The molecule has 18 heavy (non-hydrogen) atoms. The highest BCUT2D eigenvalue weighted by Gasteiger charge is 2.23. The van der Waals surface area contributed by atoms with Crippen molar-refractivity contribution in [3.8, 4) is 0 Å². The molecule has 2 rings (SSSR count).